The lowest BCUT2D eigenvalue weighted by Gasteiger charge is -2.38. The molecule has 1 aromatic rings. The highest BCUT2D eigenvalue weighted by molar-refractivity contribution is 14.1. The molecule has 3 nitrogen and oxygen atoms in total. The van der Waals surface area contributed by atoms with Crippen LogP contribution in [0, 0.1) is 11.3 Å². The van der Waals surface area contributed by atoms with Crippen LogP contribution in [0.5, 0.6) is 0 Å². The Hall–Kier alpha value is -0.560. The Morgan fingerprint density at radius 1 is 1.16 bits per heavy atom. The first-order chi connectivity index (χ1) is 12.0. The van der Waals surface area contributed by atoms with E-state index in [1.54, 1.807) is 22.6 Å². The summed E-state index contributed by atoms with van der Waals surface area (Å²) >= 11 is 2.95. The molecule has 1 aliphatic carbocycles. The van der Waals surface area contributed by atoms with E-state index in [9.17, 15) is 9.59 Å². The van der Waals surface area contributed by atoms with Gasteiger partial charge in [0.2, 0.25) is 5.91 Å². The molecular weight excluding hydrogens is 445 g/mol. The van der Waals surface area contributed by atoms with Crippen LogP contribution >= 0.6 is 34.4 Å². The maximum atomic E-state index is 13.3. The van der Waals surface area contributed by atoms with Crippen LogP contribution in [-0.4, -0.2) is 9.03 Å². The Morgan fingerprint density at radius 3 is 2.40 bits per heavy atom. The van der Waals surface area contributed by atoms with E-state index >= 15 is 0 Å². The van der Waals surface area contributed by atoms with E-state index in [-0.39, 0.29) is 14.4 Å². The number of nitrogens with one attached hydrogen (secondary N) is 1. The summed E-state index contributed by atoms with van der Waals surface area (Å²) in [6.45, 7) is 4.45. The van der Waals surface area contributed by atoms with Gasteiger partial charge >= 0.3 is 0 Å². The molecule has 0 saturated heterocycles. The Kier molecular flexibility index (Phi) is 8.26. The summed E-state index contributed by atoms with van der Waals surface area (Å²) in [5.41, 5.74) is 0.512. The van der Waals surface area contributed by atoms with Gasteiger partial charge in [-0.05, 0) is 49.1 Å². The molecule has 1 aromatic carbocycles. The summed E-state index contributed by atoms with van der Waals surface area (Å²) in [5, 5.41) is 3.16. The van der Waals surface area contributed by atoms with E-state index in [4.69, 9.17) is 0 Å². The van der Waals surface area contributed by atoms with Gasteiger partial charge in [0, 0.05) is 32.9 Å². The first-order valence-electron chi connectivity index (χ1n) is 9.28. The number of anilines is 1. The lowest BCUT2D eigenvalue weighted by atomic mass is 9.67. The summed E-state index contributed by atoms with van der Waals surface area (Å²) in [6.07, 6.45) is 8.70. The fourth-order valence-corrected chi connectivity index (χ4v) is 5.14. The highest BCUT2D eigenvalue weighted by Crippen LogP contribution is 2.44. The molecule has 0 bridgehead atoms. The van der Waals surface area contributed by atoms with Gasteiger partial charge < -0.3 is 5.32 Å². The van der Waals surface area contributed by atoms with Crippen molar-refractivity contribution in [2.75, 3.05) is 5.32 Å². The van der Waals surface area contributed by atoms with Crippen molar-refractivity contribution in [3.63, 3.8) is 0 Å². The van der Waals surface area contributed by atoms with E-state index in [2.05, 4.69) is 19.2 Å². The maximum absolute atomic E-state index is 13.3. The van der Waals surface area contributed by atoms with Crippen LogP contribution in [0.1, 0.15) is 65.2 Å². The van der Waals surface area contributed by atoms with Gasteiger partial charge in [0.05, 0.1) is 5.69 Å². The van der Waals surface area contributed by atoms with Crippen LogP contribution in [-0.2, 0) is 4.79 Å². The van der Waals surface area contributed by atoms with Gasteiger partial charge in [-0.15, -0.1) is 0 Å². The largest absolute Gasteiger partial charge is 0.325 e. The zero-order valence-corrected chi connectivity index (χ0v) is 18.1. The van der Waals surface area contributed by atoms with E-state index in [0.29, 0.717) is 5.92 Å². The van der Waals surface area contributed by atoms with Crippen molar-refractivity contribution >= 4 is 49.1 Å². The van der Waals surface area contributed by atoms with Gasteiger partial charge in [-0.1, -0.05) is 58.1 Å². The quantitative estimate of drug-likeness (QED) is 0.262. The topological polar surface area (TPSA) is 46.2 Å². The Balaban J connectivity index is 2.21. The molecule has 2 rings (SSSR count). The molecule has 0 aromatic heterocycles. The van der Waals surface area contributed by atoms with E-state index in [1.165, 1.54) is 18.2 Å². The van der Waals surface area contributed by atoms with Crippen molar-refractivity contribution in [3.05, 3.63) is 24.3 Å². The monoisotopic (exact) mass is 473 g/mol. The molecule has 1 saturated carbocycles. The lowest BCUT2D eigenvalue weighted by Crippen LogP contribution is -2.39. The Labute approximate surface area is 169 Å². The summed E-state index contributed by atoms with van der Waals surface area (Å²) in [6, 6.07) is 7.60. The molecule has 1 aliphatic rings. The van der Waals surface area contributed by atoms with Crippen LogP contribution in [0.2, 0.25) is 0 Å². The molecule has 0 unspecified atom stereocenters. The summed E-state index contributed by atoms with van der Waals surface area (Å²) in [4.78, 5) is 25.6. The third kappa shape index (κ3) is 5.71. The minimum absolute atomic E-state index is 0.00343. The fourth-order valence-electron chi connectivity index (χ4n) is 3.88. The van der Waals surface area contributed by atoms with Gasteiger partial charge in [0.25, 0.3) is 3.12 Å². The zero-order chi connectivity index (χ0) is 18.3. The maximum Gasteiger partial charge on any atom is 0.253 e. The van der Waals surface area contributed by atoms with Crippen molar-refractivity contribution in [1.29, 1.82) is 0 Å². The number of hydrogen-bond acceptors (Lipinski definition) is 3. The van der Waals surface area contributed by atoms with Crippen molar-refractivity contribution in [2.45, 2.75) is 70.1 Å². The van der Waals surface area contributed by atoms with Crippen molar-refractivity contribution < 1.29 is 9.59 Å². The highest BCUT2D eigenvalue weighted by Gasteiger charge is 2.40. The average molecular weight is 473 g/mol. The van der Waals surface area contributed by atoms with Crippen LogP contribution < -0.4 is 5.32 Å². The fraction of sp³-hybridized carbons (Fsp3) is 0.600. The molecule has 1 amide bonds. The van der Waals surface area contributed by atoms with Crippen LogP contribution in [0.3, 0.4) is 0 Å². The predicted octanol–water partition coefficient (Wildman–Crippen LogP) is 7.05. The molecule has 25 heavy (non-hydrogen) atoms. The summed E-state index contributed by atoms with van der Waals surface area (Å²) < 4.78 is 0.00343. The number of para-hydroxylation sites is 1. The molecule has 0 spiro atoms. The van der Waals surface area contributed by atoms with Crippen molar-refractivity contribution in [1.82, 2.24) is 0 Å². The Bertz CT molecular complexity index is 595. The molecule has 0 radical (unpaired) electrons. The second kappa shape index (κ2) is 9.95. The molecule has 0 atom stereocenters. The number of carbonyl (C=O) groups is 2. The van der Waals surface area contributed by atoms with Crippen molar-refractivity contribution in [2.24, 2.45) is 11.3 Å². The molecule has 1 N–H and O–H groups in total. The number of halogens is 1. The molecular formula is C20H28INO2S. The third-order valence-corrected chi connectivity index (χ3v) is 6.85. The van der Waals surface area contributed by atoms with Gasteiger partial charge in [0.15, 0.2) is 0 Å². The second-order valence-corrected chi connectivity index (χ2v) is 9.74. The molecule has 1 fully saturated rings. The molecule has 0 heterocycles. The SMILES string of the molecule is CCC(CC)CC1(C(=O)Nc2ccccc2SC(=O)I)CCCCC1. The second-order valence-electron chi connectivity index (χ2n) is 7.02. The minimum atomic E-state index is -0.249. The third-order valence-electron chi connectivity index (χ3n) is 5.45. The van der Waals surface area contributed by atoms with Crippen LogP contribution in [0.25, 0.3) is 0 Å². The number of hydrogen-bond donors (Lipinski definition) is 1. The van der Waals surface area contributed by atoms with Gasteiger partial charge in [0.1, 0.15) is 0 Å². The summed E-state index contributed by atoms with van der Waals surface area (Å²) in [7, 11) is 0. The standard InChI is InChI=1S/C20H28INO2S/c1-3-15(4-2)14-20(12-8-5-9-13-20)18(23)22-16-10-6-7-11-17(16)25-19(21)24/h6-7,10-11,15H,3-5,8-9,12-14H2,1-2H3,(H,22,23). The smallest absolute Gasteiger partial charge is 0.253 e. The number of rotatable bonds is 7. The van der Waals surface area contributed by atoms with E-state index in [1.807, 2.05) is 24.3 Å². The van der Waals surface area contributed by atoms with E-state index in [0.717, 1.165) is 55.5 Å². The Morgan fingerprint density at radius 2 is 1.80 bits per heavy atom. The summed E-state index contributed by atoms with van der Waals surface area (Å²) in [5.74, 6) is 0.748. The first-order valence-corrected chi connectivity index (χ1v) is 11.2. The van der Waals surface area contributed by atoms with Gasteiger partial charge in [-0.25, -0.2) is 0 Å². The molecule has 138 valence electrons. The number of amides is 1. The predicted molar refractivity (Wildman–Crippen MR) is 115 cm³/mol. The molecule has 0 aliphatic heterocycles. The highest BCUT2D eigenvalue weighted by atomic mass is 127. The number of thioether (sulfide) groups is 1. The van der Waals surface area contributed by atoms with Gasteiger partial charge in [-0.2, -0.15) is 0 Å². The normalized spacial score (nSPS) is 16.6. The van der Waals surface area contributed by atoms with E-state index < -0.39 is 0 Å². The van der Waals surface area contributed by atoms with Crippen LogP contribution in [0.4, 0.5) is 10.5 Å². The zero-order valence-electron chi connectivity index (χ0n) is 15.1. The first kappa shape index (κ1) is 20.7. The molecule has 5 heteroatoms. The van der Waals surface area contributed by atoms with Crippen LogP contribution in [0.15, 0.2) is 29.2 Å². The average Bonchev–Trinajstić information content (AvgIpc) is 2.61. The number of benzene rings is 1. The van der Waals surface area contributed by atoms with Gasteiger partial charge in [-0.3, -0.25) is 9.59 Å². The van der Waals surface area contributed by atoms with Crippen molar-refractivity contribution in [3.8, 4) is 0 Å². The minimum Gasteiger partial charge on any atom is -0.325 e. The lowest BCUT2D eigenvalue weighted by molar-refractivity contribution is -0.128. The number of carbonyl (C=O) groups excluding carboxylic acids is 2.